The van der Waals surface area contributed by atoms with E-state index >= 15 is 0 Å². The largest absolute Gasteiger partial charge is 0.386 e. The van der Waals surface area contributed by atoms with Gasteiger partial charge in [0.1, 0.15) is 11.6 Å². The summed E-state index contributed by atoms with van der Waals surface area (Å²) in [6.45, 7) is 9.24. The van der Waals surface area contributed by atoms with Crippen molar-refractivity contribution >= 4 is 0 Å². The maximum absolute atomic E-state index is 13.2. The molecular formula is C14H21F2NO. The van der Waals surface area contributed by atoms with Crippen molar-refractivity contribution in [2.24, 2.45) is 0 Å². The standard InChI is InChI=1S/C14H21F2NO/c1-5-17(6-2)14(3,4)13(18)10-7-11(15)9-12(16)8-10/h7-9,13,18H,5-6H2,1-4H3. The van der Waals surface area contributed by atoms with Crippen molar-refractivity contribution in [3.8, 4) is 0 Å². The van der Waals surface area contributed by atoms with Crippen LogP contribution in [0.2, 0.25) is 0 Å². The average Bonchev–Trinajstić information content (AvgIpc) is 2.27. The van der Waals surface area contributed by atoms with Gasteiger partial charge in [-0.3, -0.25) is 4.90 Å². The molecule has 0 spiro atoms. The summed E-state index contributed by atoms with van der Waals surface area (Å²) in [5.41, 5.74) is -0.312. The molecule has 0 saturated heterocycles. The summed E-state index contributed by atoms with van der Waals surface area (Å²) < 4.78 is 26.4. The Bertz CT molecular complexity index is 383. The number of nitrogens with zero attached hydrogens (tertiary/aromatic N) is 1. The van der Waals surface area contributed by atoms with Crippen LogP contribution in [-0.2, 0) is 0 Å². The molecule has 1 aromatic carbocycles. The van der Waals surface area contributed by atoms with Crippen LogP contribution < -0.4 is 0 Å². The molecule has 0 bridgehead atoms. The highest BCUT2D eigenvalue weighted by molar-refractivity contribution is 5.23. The van der Waals surface area contributed by atoms with Crippen LogP contribution in [0.5, 0.6) is 0 Å². The summed E-state index contributed by atoms with van der Waals surface area (Å²) in [7, 11) is 0. The number of benzene rings is 1. The number of halogens is 2. The van der Waals surface area contributed by atoms with Gasteiger partial charge in [-0.15, -0.1) is 0 Å². The molecule has 2 nitrogen and oxygen atoms in total. The molecule has 4 heteroatoms. The Labute approximate surface area is 107 Å². The summed E-state index contributed by atoms with van der Waals surface area (Å²) in [5.74, 6) is -1.33. The van der Waals surface area contributed by atoms with Crippen molar-refractivity contribution < 1.29 is 13.9 Å². The molecular weight excluding hydrogens is 236 g/mol. The zero-order valence-corrected chi connectivity index (χ0v) is 11.4. The zero-order chi connectivity index (χ0) is 13.9. The number of rotatable bonds is 5. The van der Waals surface area contributed by atoms with Gasteiger partial charge in [0.25, 0.3) is 0 Å². The Morgan fingerprint density at radius 3 is 1.94 bits per heavy atom. The van der Waals surface area contributed by atoms with E-state index in [0.29, 0.717) is 0 Å². The monoisotopic (exact) mass is 257 g/mol. The van der Waals surface area contributed by atoms with E-state index in [2.05, 4.69) is 4.90 Å². The zero-order valence-electron chi connectivity index (χ0n) is 11.4. The molecule has 0 aromatic heterocycles. The van der Waals surface area contributed by atoms with Gasteiger partial charge < -0.3 is 5.11 Å². The first kappa shape index (κ1) is 15.1. The van der Waals surface area contributed by atoms with Gasteiger partial charge in [-0.2, -0.15) is 0 Å². The fourth-order valence-corrected chi connectivity index (χ4v) is 2.35. The molecule has 0 saturated carbocycles. The average molecular weight is 257 g/mol. The summed E-state index contributed by atoms with van der Waals surface area (Å²) in [5, 5.41) is 10.4. The number of aliphatic hydroxyl groups excluding tert-OH is 1. The van der Waals surface area contributed by atoms with E-state index in [4.69, 9.17) is 0 Å². The van der Waals surface area contributed by atoms with E-state index in [0.717, 1.165) is 19.2 Å². The van der Waals surface area contributed by atoms with Crippen LogP contribution in [0.15, 0.2) is 18.2 Å². The van der Waals surface area contributed by atoms with Crippen molar-refractivity contribution in [2.45, 2.75) is 39.3 Å². The Kier molecular flexibility index (Phi) is 4.82. The summed E-state index contributed by atoms with van der Waals surface area (Å²) in [6.07, 6.45) is -0.942. The third-order valence-electron chi connectivity index (χ3n) is 3.45. The van der Waals surface area contributed by atoms with E-state index in [-0.39, 0.29) is 5.56 Å². The molecule has 0 amide bonds. The number of likely N-dealkylation sites (N-methyl/N-ethyl adjacent to an activating group) is 1. The van der Waals surface area contributed by atoms with Gasteiger partial charge >= 0.3 is 0 Å². The van der Waals surface area contributed by atoms with Crippen LogP contribution in [0, 0.1) is 11.6 Å². The van der Waals surface area contributed by atoms with Crippen LogP contribution >= 0.6 is 0 Å². The second kappa shape index (κ2) is 5.76. The van der Waals surface area contributed by atoms with Crippen molar-refractivity contribution in [2.75, 3.05) is 13.1 Å². The number of hydrogen-bond acceptors (Lipinski definition) is 2. The number of hydrogen-bond donors (Lipinski definition) is 1. The van der Waals surface area contributed by atoms with Gasteiger partial charge in [0.05, 0.1) is 6.10 Å². The first-order chi connectivity index (χ1) is 8.32. The Hall–Kier alpha value is -1.00. The lowest BCUT2D eigenvalue weighted by Gasteiger charge is -2.41. The first-order valence-electron chi connectivity index (χ1n) is 6.22. The van der Waals surface area contributed by atoms with Crippen molar-refractivity contribution in [3.05, 3.63) is 35.4 Å². The Morgan fingerprint density at radius 1 is 1.11 bits per heavy atom. The van der Waals surface area contributed by atoms with Gasteiger partial charge in [0.15, 0.2) is 0 Å². The minimum absolute atomic E-state index is 0.268. The summed E-state index contributed by atoms with van der Waals surface area (Å²) in [4.78, 5) is 2.06. The molecule has 0 fully saturated rings. The molecule has 0 aliphatic rings. The van der Waals surface area contributed by atoms with E-state index in [9.17, 15) is 13.9 Å². The molecule has 0 aliphatic heterocycles. The van der Waals surface area contributed by atoms with Crippen molar-refractivity contribution in [1.82, 2.24) is 4.90 Å². The van der Waals surface area contributed by atoms with Crippen LogP contribution in [-0.4, -0.2) is 28.6 Å². The van der Waals surface area contributed by atoms with Gasteiger partial charge in [-0.1, -0.05) is 13.8 Å². The maximum Gasteiger partial charge on any atom is 0.126 e. The van der Waals surface area contributed by atoms with Crippen LogP contribution in [0.25, 0.3) is 0 Å². The minimum atomic E-state index is -0.942. The molecule has 1 N–H and O–H groups in total. The topological polar surface area (TPSA) is 23.5 Å². The van der Waals surface area contributed by atoms with E-state index in [1.165, 1.54) is 12.1 Å². The molecule has 18 heavy (non-hydrogen) atoms. The van der Waals surface area contributed by atoms with Crippen LogP contribution in [0.3, 0.4) is 0 Å². The van der Waals surface area contributed by atoms with E-state index in [1.807, 2.05) is 27.7 Å². The quantitative estimate of drug-likeness (QED) is 0.876. The summed E-state index contributed by atoms with van der Waals surface area (Å²) in [6, 6.07) is 3.17. The molecule has 0 heterocycles. The van der Waals surface area contributed by atoms with Gasteiger partial charge in [0, 0.05) is 11.6 Å². The fourth-order valence-electron chi connectivity index (χ4n) is 2.35. The highest BCUT2D eigenvalue weighted by Gasteiger charge is 2.34. The van der Waals surface area contributed by atoms with Crippen molar-refractivity contribution in [3.63, 3.8) is 0 Å². The third-order valence-corrected chi connectivity index (χ3v) is 3.45. The van der Waals surface area contributed by atoms with E-state index < -0.39 is 23.3 Å². The van der Waals surface area contributed by atoms with Gasteiger partial charge in [-0.05, 0) is 44.6 Å². The lowest BCUT2D eigenvalue weighted by Crippen LogP contribution is -2.48. The smallest absolute Gasteiger partial charge is 0.126 e. The molecule has 1 rings (SSSR count). The molecule has 102 valence electrons. The predicted molar refractivity (Wildman–Crippen MR) is 68.3 cm³/mol. The lowest BCUT2D eigenvalue weighted by molar-refractivity contribution is -0.00655. The maximum atomic E-state index is 13.2. The SMILES string of the molecule is CCN(CC)C(C)(C)C(O)c1cc(F)cc(F)c1. The first-order valence-corrected chi connectivity index (χ1v) is 6.22. The Balaban J connectivity index is 3.08. The summed E-state index contributed by atoms with van der Waals surface area (Å²) >= 11 is 0. The molecule has 0 aliphatic carbocycles. The second-order valence-electron chi connectivity index (χ2n) is 4.93. The van der Waals surface area contributed by atoms with Crippen molar-refractivity contribution in [1.29, 1.82) is 0 Å². The lowest BCUT2D eigenvalue weighted by atomic mass is 9.89. The molecule has 1 aromatic rings. The molecule has 1 unspecified atom stereocenters. The third kappa shape index (κ3) is 3.06. The fraction of sp³-hybridized carbons (Fsp3) is 0.571. The minimum Gasteiger partial charge on any atom is -0.386 e. The van der Waals surface area contributed by atoms with Crippen LogP contribution in [0.4, 0.5) is 8.78 Å². The van der Waals surface area contributed by atoms with Crippen LogP contribution in [0.1, 0.15) is 39.4 Å². The van der Waals surface area contributed by atoms with E-state index in [1.54, 1.807) is 0 Å². The highest BCUT2D eigenvalue weighted by Crippen LogP contribution is 2.31. The molecule has 1 atom stereocenters. The van der Waals surface area contributed by atoms with Gasteiger partial charge in [-0.25, -0.2) is 8.78 Å². The number of aliphatic hydroxyl groups is 1. The second-order valence-corrected chi connectivity index (χ2v) is 4.93. The highest BCUT2D eigenvalue weighted by atomic mass is 19.1. The Morgan fingerprint density at radius 2 is 1.56 bits per heavy atom. The van der Waals surface area contributed by atoms with Gasteiger partial charge in [0.2, 0.25) is 0 Å². The molecule has 0 radical (unpaired) electrons. The normalized spacial score (nSPS) is 14.0. The predicted octanol–water partition coefficient (Wildman–Crippen LogP) is 3.12.